The number of rotatable bonds is 56. The van der Waals surface area contributed by atoms with Crippen LogP contribution in [-0.2, 0) is 33.3 Å². The Hall–Kier alpha value is -4.31. The van der Waals surface area contributed by atoms with Crippen LogP contribution in [0.2, 0.25) is 0 Å². The van der Waals surface area contributed by atoms with Crippen LogP contribution in [0.25, 0.3) is 0 Å². The van der Waals surface area contributed by atoms with Gasteiger partial charge in [0.15, 0.2) is 6.10 Å². The Balaban J connectivity index is 4.33. The van der Waals surface area contributed by atoms with E-state index in [1.807, 2.05) is 21.1 Å². The molecule has 0 heterocycles. The van der Waals surface area contributed by atoms with Crippen molar-refractivity contribution in [2.75, 3.05) is 47.5 Å². The highest BCUT2D eigenvalue weighted by Crippen LogP contribution is 2.16. The highest BCUT2D eigenvalue weighted by Gasteiger charge is 2.25. The minimum absolute atomic E-state index is 0.174. The number of ether oxygens (including phenoxy) is 4. The zero-order valence-electron chi connectivity index (χ0n) is 50.5. The summed E-state index contributed by atoms with van der Waals surface area (Å²) >= 11 is 0. The maximum absolute atomic E-state index is 12.9. The van der Waals surface area contributed by atoms with Gasteiger partial charge in [-0.2, -0.15) is 0 Å². The van der Waals surface area contributed by atoms with E-state index in [-0.39, 0.29) is 38.6 Å². The van der Waals surface area contributed by atoms with Gasteiger partial charge < -0.3 is 28.5 Å². The molecule has 0 aromatic rings. The summed E-state index contributed by atoms with van der Waals surface area (Å²) in [6.07, 6.45) is 80.0. The number of aliphatic carboxylic acids is 1. The zero-order valence-corrected chi connectivity index (χ0v) is 50.5. The van der Waals surface area contributed by atoms with Gasteiger partial charge in [0.2, 0.25) is 0 Å². The molecule has 9 nitrogen and oxygen atoms in total. The summed E-state index contributed by atoms with van der Waals surface area (Å²) in [6.45, 7) is 4.72. The fourth-order valence-corrected chi connectivity index (χ4v) is 8.22. The second-order valence-electron chi connectivity index (χ2n) is 21.6. The molecular formula is C69H116NO8+. The smallest absolute Gasteiger partial charge is 0.361 e. The molecule has 1 N–H and O–H groups in total. The first kappa shape index (κ1) is 73.7. The number of carbonyl (C=O) groups excluding carboxylic acids is 2. The van der Waals surface area contributed by atoms with Crippen molar-refractivity contribution in [3.05, 3.63) is 122 Å². The van der Waals surface area contributed by atoms with Gasteiger partial charge in [0.25, 0.3) is 6.29 Å². The largest absolute Gasteiger partial charge is 0.477 e. The third-order valence-corrected chi connectivity index (χ3v) is 13.0. The van der Waals surface area contributed by atoms with Crippen LogP contribution in [0.4, 0.5) is 0 Å². The number of esters is 2. The summed E-state index contributed by atoms with van der Waals surface area (Å²) in [5, 5.41) is 9.71. The van der Waals surface area contributed by atoms with Crippen LogP contribution < -0.4 is 0 Å². The highest BCUT2D eigenvalue weighted by atomic mass is 16.7. The van der Waals surface area contributed by atoms with E-state index in [9.17, 15) is 19.5 Å². The molecule has 0 aliphatic heterocycles. The number of allylic oxidation sites excluding steroid dienone is 20. The third-order valence-electron chi connectivity index (χ3n) is 13.0. The van der Waals surface area contributed by atoms with Gasteiger partial charge >= 0.3 is 17.9 Å². The van der Waals surface area contributed by atoms with Crippen molar-refractivity contribution in [2.24, 2.45) is 0 Å². The topological polar surface area (TPSA) is 108 Å². The average Bonchev–Trinajstić information content (AvgIpc) is 3.41. The van der Waals surface area contributed by atoms with E-state index in [1.165, 1.54) is 109 Å². The van der Waals surface area contributed by atoms with Gasteiger partial charge in [-0.3, -0.25) is 9.59 Å². The molecule has 0 saturated carbocycles. The van der Waals surface area contributed by atoms with E-state index < -0.39 is 24.3 Å². The molecule has 444 valence electrons. The normalized spacial score (nSPS) is 13.6. The van der Waals surface area contributed by atoms with Crippen LogP contribution in [0.1, 0.15) is 239 Å². The van der Waals surface area contributed by atoms with Gasteiger partial charge in [-0.1, -0.05) is 257 Å². The minimum Gasteiger partial charge on any atom is -0.477 e. The van der Waals surface area contributed by atoms with Crippen LogP contribution in [0, 0.1) is 0 Å². The Morgan fingerprint density at radius 3 is 1.09 bits per heavy atom. The number of hydrogen-bond acceptors (Lipinski definition) is 7. The van der Waals surface area contributed by atoms with Crippen molar-refractivity contribution in [1.82, 2.24) is 0 Å². The predicted molar refractivity (Wildman–Crippen MR) is 331 cm³/mol. The van der Waals surface area contributed by atoms with E-state index in [1.54, 1.807) is 0 Å². The maximum atomic E-state index is 12.9. The molecule has 0 spiro atoms. The number of carbonyl (C=O) groups is 3. The molecule has 78 heavy (non-hydrogen) atoms. The van der Waals surface area contributed by atoms with E-state index in [4.69, 9.17) is 18.9 Å². The maximum Gasteiger partial charge on any atom is 0.361 e. The van der Waals surface area contributed by atoms with Crippen LogP contribution in [0.15, 0.2) is 122 Å². The van der Waals surface area contributed by atoms with Crippen molar-refractivity contribution in [2.45, 2.75) is 251 Å². The molecule has 0 bridgehead atoms. The lowest BCUT2D eigenvalue weighted by Crippen LogP contribution is -2.40. The summed E-state index contributed by atoms with van der Waals surface area (Å²) in [7, 11) is 5.95. The summed E-state index contributed by atoms with van der Waals surface area (Å²) < 4.78 is 22.8. The highest BCUT2D eigenvalue weighted by molar-refractivity contribution is 5.71. The summed E-state index contributed by atoms with van der Waals surface area (Å²) in [5.41, 5.74) is 0. The average molecular weight is 1090 g/mol. The van der Waals surface area contributed by atoms with Gasteiger partial charge in [0.05, 0.1) is 34.4 Å². The molecule has 0 fully saturated rings. The Bertz CT molecular complexity index is 1690. The monoisotopic (exact) mass is 1090 g/mol. The number of quaternary nitrogens is 1. The van der Waals surface area contributed by atoms with Gasteiger partial charge in [0.1, 0.15) is 13.2 Å². The van der Waals surface area contributed by atoms with Crippen molar-refractivity contribution in [3.63, 3.8) is 0 Å². The Morgan fingerprint density at radius 2 is 0.731 bits per heavy atom. The number of unbranched alkanes of at least 4 members (excludes halogenated alkanes) is 21. The van der Waals surface area contributed by atoms with Crippen molar-refractivity contribution >= 4 is 17.9 Å². The first-order valence-corrected chi connectivity index (χ1v) is 31.2. The molecular weight excluding hydrogens is 971 g/mol. The second kappa shape index (κ2) is 58.8. The van der Waals surface area contributed by atoms with Crippen molar-refractivity contribution in [1.29, 1.82) is 0 Å². The van der Waals surface area contributed by atoms with Crippen LogP contribution in [0.5, 0.6) is 0 Å². The van der Waals surface area contributed by atoms with Crippen LogP contribution >= 0.6 is 0 Å². The molecule has 0 aromatic carbocycles. The number of carboxylic acid groups (broad SMARTS) is 1. The second-order valence-corrected chi connectivity index (χ2v) is 21.6. The molecule has 0 rings (SSSR count). The van der Waals surface area contributed by atoms with E-state index >= 15 is 0 Å². The molecule has 0 saturated heterocycles. The molecule has 0 aromatic heterocycles. The lowest BCUT2D eigenvalue weighted by Gasteiger charge is -2.25. The minimum atomic E-state index is -1.53. The Morgan fingerprint density at radius 1 is 0.397 bits per heavy atom. The molecule has 0 aliphatic carbocycles. The van der Waals surface area contributed by atoms with Crippen LogP contribution in [0.3, 0.4) is 0 Å². The molecule has 0 aliphatic rings. The number of hydrogen-bond donors (Lipinski definition) is 1. The number of likely N-dealkylation sites (N-methyl/N-ethyl adjacent to an activating group) is 1. The van der Waals surface area contributed by atoms with Gasteiger partial charge in [-0.25, -0.2) is 4.79 Å². The van der Waals surface area contributed by atoms with E-state index in [2.05, 4.69) is 135 Å². The summed E-state index contributed by atoms with van der Waals surface area (Å²) in [6, 6.07) is 0. The Kier molecular flexibility index (Phi) is 55.6. The fraction of sp³-hybridized carbons (Fsp3) is 0.667. The third kappa shape index (κ3) is 59.4. The van der Waals surface area contributed by atoms with Gasteiger partial charge in [-0.05, 0) is 89.9 Å². The lowest BCUT2D eigenvalue weighted by atomic mass is 10.0. The fourth-order valence-electron chi connectivity index (χ4n) is 8.22. The van der Waals surface area contributed by atoms with Crippen molar-refractivity contribution < 1.29 is 42.9 Å². The van der Waals surface area contributed by atoms with Crippen LogP contribution in [-0.4, -0.2) is 87.4 Å². The standard InChI is InChI=1S/C69H115NO8/c1-6-8-10-12-14-16-18-20-22-24-26-28-29-30-31-32-33-34-35-36-37-38-39-40-42-44-46-48-50-52-54-56-58-60-67(72)78-65(64-77-69(68(73)74)75-62-61-70(3,4)5)63-76-66(71)59-57-55-53-51-49-47-45-43-41-27-25-23-21-19-17-15-13-11-9-7-2/h8,10,14,16,20,22,26,28,30-31,33-34,36-37,39-40,44,46,50,52,65,69H,6-7,9,11-13,15,17-19,21,23-25,27,29,32,35,38,41-43,45,47-49,51,53-64H2,1-5H3/p+1/b10-8-,16-14-,22-20-,28-26-,31-30-,34-33-,37-36-,40-39-,46-44-,52-50-. The SMILES string of the molecule is CC/C=C\C/C=C\C/C=C\C/C=C\C/C=C\C/C=C\C/C=C\C/C=C\C/C=C\C/C=C\CCCCC(=O)OC(COC(=O)CCCCCCCCCCCCCCCCCCCCCC)COC(OCC[N+](C)(C)C)C(=O)O. The molecule has 0 amide bonds. The Labute approximate surface area is 478 Å². The number of carboxylic acids is 1. The lowest BCUT2D eigenvalue weighted by molar-refractivity contribution is -0.870. The molecule has 2 unspecified atom stereocenters. The molecule has 2 atom stereocenters. The first-order chi connectivity index (χ1) is 38.1. The molecule has 0 radical (unpaired) electrons. The molecule has 9 heteroatoms. The van der Waals surface area contributed by atoms with E-state index in [0.717, 1.165) is 96.3 Å². The zero-order chi connectivity index (χ0) is 56.9. The van der Waals surface area contributed by atoms with Gasteiger partial charge in [0, 0.05) is 12.8 Å². The quantitative estimate of drug-likeness (QED) is 0.0211. The van der Waals surface area contributed by atoms with E-state index in [0.29, 0.717) is 17.4 Å². The van der Waals surface area contributed by atoms with Crippen molar-refractivity contribution in [3.8, 4) is 0 Å². The summed E-state index contributed by atoms with van der Waals surface area (Å²) in [5.74, 6) is -2.07. The number of nitrogens with zero attached hydrogens (tertiary/aromatic N) is 1. The predicted octanol–water partition coefficient (Wildman–Crippen LogP) is 18.8. The summed E-state index contributed by atoms with van der Waals surface area (Å²) in [4.78, 5) is 37.5. The first-order valence-electron chi connectivity index (χ1n) is 31.2. The van der Waals surface area contributed by atoms with Gasteiger partial charge in [-0.15, -0.1) is 0 Å².